The minimum absolute atomic E-state index is 0.000263. The van der Waals surface area contributed by atoms with E-state index < -0.39 is 33.3 Å². The molecule has 0 amide bonds. The van der Waals surface area contributed by atoms with E-state index in [0.717, 1.165) is 16.7 Å². The summed E-state index contributed by atoms with van der Waals surface area (Å²) in [6.07, 6.45) is 0. The highest BCUT2D eigenvalue weighted by Crippen LogP contribution is 2.34. The lowest BCUT2D eigenvalue weighted by atomic mass is 10.0. The summed E-state index contributed by atoms with van der Waals surface area (Å²) in [5, 5.41) is 20.0. The minimum Gasteiger partial charge on any atom is -0.489 e. The Morgan fingerprint density at radius 1 is 0.562 bits per heavy atom. The topological polar surface area (TPSA) is 136 Å². The van der Waals surface area contributed by atoms with Crippen LogP contribution in [0.5, 0.6) is 17.2 Å². The van der Waals surface area contributed by atoms with Gasteiger partial charge in [-0.15, -0.1) is 0 Å². The van der Waals surface area contributed by atoms with E-state index in [1.807, 2.05) is 91.0 Å². The maximum absolute atomic E-state index is 13.9. The minimum atomic E-state index is -4.05. The molecule has 0 aliphatic rings. The Labute approximate surface area is 278 Å². The molecule has 0 fully saturated rings. The summed E-state index contributed by atoms with van der Waals surface area (Å²) in [6.45, 7) is 1.83. The quantitative estimate of drug-likeness (QED) is 0.118. The number of aromatic carboxylic acids is 2. The molecule has 2 N–H and O–H groups in total. The molecule has 0 heterocycles. The van der Waals surface area contributed by atoms with Crippen LogP contribution in [0.15, 0.2) is 115 Å². The Hall–Kier alpha value is -5.61. The first kappa shape index (κ1) is 33.7. The molecule has 0 unspecified atom stereocenters. The summed E-state index contributed by atoms with van der Waals surface area (Å²) >= 11 is 0. The molecule has 246 valence electrons. The smallest absolute Gasteiger partial charge is 0.339 e. The summed E-state index contributed by atoms with van der Waals surface area (Å²) in [7, 11) is -4.05. The van der Waals surface area contributed by atoms with Gasteiger partial charge in [0.25, 0.3) is 0 Å². The number of hydrogen-bond acceptors (Lipinski definition) is 7. The van der Waals surface area contributed by atoms with Crippen LogP contribution in [-0.2, 0) is 41.2 Å². The molecule has 0 atom stereocenters. The van der Waals surface area contributed by atoms with Gasteiger partial charge in [-0.25, -0.2) is 18.0 Å². The van der Waals surface area contributed by atoms with Crippen molar-refractivity contribution in [3.05, 3.63) is 160 Å². The molecule has 0 aliphatic carbocycles. The van der Waals surface area contributed by atoms with Gasteiger partial charge in [-0.1, -0.05) is 91.0 Å². The number of carbonyl (C=O) groups is 2. The van der Waals surface area contributed by atoms with Gasteiger partial charge in [0.2, 0.25) is 0 Å². The second kappa shape index (κ2) is 15.3. The van der Waals surface area contributed by atoms with Crippen molar-refractivity contribution in [3.63, 3.8) is 0 Å². The summed E-state index contributed by atoms with van der Waals surface area (Å²) in [4.78, 5) is 24.6. The number of sulfone groups is 1. The number of hydrogen-bond donors (Lipinski definition) is 2. The van der Waals surface area contributed by atoms with E-state index in [1.54, 1.807) is 6.92 Å². The summed E-state index contributed by atoms with van der Waals surface area (Å²) < 4.78 is 45.5. The van der Waals surface area contributed by atoms with Gasteiger partial charge in [0.15, 0.2) is 9.84 Å². The molecule has 0 saturated carbocycles. The normalized spacial score (nSPS) is 11.1. The van der Waals surface area contributed by atoms with Gasteiger partial charge in [-0.05, 0) is 59.0 Å². The summed E-state index contributed by atoms with van der Waals surface area (Å²) in [6, 6.07) is 33.3. The lowest BCUT2D eigenvalue weighted by Crippen LogP contribution is -2.14. The Kier molecular flexibility index (Phi) is 10.8. The molecule has 0 aromatic heterocycles. The van der Waals surface area contributed by atoms with Crippen LogP contribution in [0.1, 0.15) is 54.1 Å². The highest BCUT2D eigenvalue weighted by atomic mass is 32.2. The zero-order valence-corrected chi connectivity index (χ0v) is 27.0. The first-order chi connectivity index (χ1) is 23.1. The molecular formula is C38H34O9S. The lowest BCUT2D eigenvalue weighted by molar-refractivity contribution is 0.0682. The van der Waals surface area contributed by atoms with Crippen molar-refractivity contribution in [2.75, 3.05) is 0 Å². The zero-order valence-electron chi connectivity index (χ0n) is 26.2. The van der Waals surface area contributed by atoms with Crippen LogP contribution in [0.3, 0.4) is 0 Å². The largest absolute Gasteiger partial charge is 0.489 e. The molecular weight excluding hydrogens is 632 g/mol. The molecule has 9 nitrogen and oxygen atoms in total. The molecule has 0 aliphatic heterocycles. The lowest BCUT2D eigenvalue weighted by Gasteiger charge is -2.18. The third kappa shape index (κ3) is 9.01. The van der Waals surface area contributed by atoms with Gasteiger partial charge < -0.3 is 24.4 Å². The standard InChI is InChI=1S/C38H34O9S/c1-26-30(17-32(19-34(26)37(39)40)45-21-27-11-5-2-6-12-27)24-48(43,44)25-31-18-33(46-22-28-13-7-3-8-14-28)20-35(38(41)42)36(31)47-23-29-15-9-4-10-16-29/h2-20H,21-25H2,1H3,(H,39,40)(H,41,42). The highest BCUT2D eigenvalue weighted by Gasteiger charge is 2.25. The fraction of sp³-hybridized carbons (Fsp3) is 0.158. The van der Waals surface area contributed by atoms with E-state index in [0.29, 0.717) is 0 Å². The number of rotatable bonds is 15. The van der Waals surface area contributed by atoms with Crippen LogP contribution in [-0.4, -0.2) is 30.6 Å². The Bertz CT molecular complexity index is 1990. The molecule has 10 heteroatoms. The summed E-state index contributed by atoms with van der Waals surface area (Å²) in [5.74, 6) is -3.38. The highest BCUT2D eigenvalue weighted by molar-refractivity contribution is 7.89. The number of carboxylic acid groups (broad SMARTS) is 2. The van der Waals surface area contributed by atoms with Gasteiger partial charge in [-0.2, -0.15) is 0 Å². The van der Waals surface area contributed by atoms with E-state index in [9.17, 15) is 28.2 Å². The molecule has 0 bridgehead atoms. The first-order valence-electron chi connectivity index (χ1n) is 15.1. The zero-order chi connectivity index (χ0) is 34.1. The van der Waals surface area contributed by atoms with Gasteiger partial charge in [0.1, 0.15) is 42.6 Å². The fourth-order valence-corrected chi connectivity index (χ4v) is 6.68. The van der Waals surface area contributed by atoms with Crippen LogP contribution in [0.25, 0.3) is 0 Å². The van der Waals surface area contributed by atoms with Crippen LogP contribution in [0, 0.1) is 6.92 Å². The molecule has 0 saturated heterocycles. The Morgan fingerprint density at radius 2 is 0.958 bits per heavy atom. The van der Waals surface area contributed by atoms with Crippen LogP contribution >= 0.6 is 0 Å². The van der Waals surface area contributed by atoms with Crippen molar-refractivity contribution in [3.8, 4) is 17.2 Å². The second-order valence-corrected chi connectivity index (χ2v) is 13.2. The van der Waals surface area contributed by atoms with Crippen molar-refractivity contribution in [1.82, 2.24) is 0 Å². The average Bonchev–Trinajstić information content (AvgIpc) is 3.07. The van der Waals surface area contributed by atoms with E-state index in [-0.39, 0.29) is 64.9 Å². The predicted octanol–water partition coefficient (Wildman–Crippen LogP) is 7.24. The molecule has 0 radical (unpaired) electrons. The fourth-order valence-electron chi connectivity index (χ4n) is 5.12. The number of carboxylic acids is 2. The van der Waals surface area contributed by atoms with Gasteiger partial charge in [-0.3, -0.25) is 0 Å². The van der Waals surface area contributed by atoms with Crippen molar-refractivity contribution in [2.24, 2.45) is 0 Å². The van der Waals surface area contributed by atoms with Crippen LogP contribution < -0.4 is 14.2 Å². The van der Waals surface area contributed by atoms with E-state index in [1.165, 1.54) is 24.3 Å². The summed E-state index contributed by atoms with van der Waals surface area (Å²) in [5.41, 5.74) is 2.76. The number of ether oxygens (including phenoxy) is 3. The van der Waals surface area contributed by atoms with Crippen LogP contribution in [0.4, 0.5) is 0 Å². The Morgan fingerprint density at radius 3 is 1.42 bits per heavy atom. The SMILES string of the molecule is Cc1c(CS(=O)(=O)Cc2cc(OCc3ccccc3)cc(C(=O)O)c2OCc2ccccc2)cc(OCc2ccccc2)cc1C(=O)O. The van der Waals surface area contributed by atoms with Crippen molar-refractivity contribution >= 4 is 21.8 Å². The third-order valence-electron chi connectivity index (χ3n) is 7.56. The molecule has 5 aromatic rings. The molecule has 48 heavy (non-hydrogen) atoms. The average molecular weight is 667 g/mol. The number of benzene rings is 5. The predicted molar refractivity (Wildman–Crippen MR) is 180 cm³/mol. The molecule has 5 aromatic carbocycles. The van der Waals surface area contributed by atoms with Gasteiger partial charge in [0, 0.05) is 5.56 Å². The van der Waals surface area contributed by atoms with E-state index in [4.69, 9.17) is 14.2 Å². The van der Waals surface area contributed by atoms with E-state index >= 15 is 0 Å². The van der Waals surface area contributed by atoms with Crippen molar-refractivity contribution in [2.45, 2.75) is 38.3 Å². The second-order valence-electron chi connectivity index (χ2n) is 11.2. The molecule has 0 spiro atoms. The van der Waals surface area contributed by atoms with Gasteiger partial charge >= 0.3 is 11.9 Å². The Balaban J connectivity index is 1.48. The van der Waals surface area contributed by atoms with Crippen molar-refractivity contribution in [1.29, 1.82) is 0 Å². The van der Waals surface area contributed by atoms with Gasteiger partial charge in [0.05, 0.1) is 17.1 Å². The van der Waals surface area contributed by atoms with Crippen molar-refractivity contribution < 1.29 is 42.4 Å². The first-order valence-corrected chi connectivity index (χ1v) is 16.9. The molecule has 5 rings (SSSR count). The van der Waals surface area contributed by atoms with Crippen LogP contribution in [0.2, 0.25) is 0 Å². The maximum Gasteiger partial charge on any atom is 0.339 e. The van der Waals surface area contributed by atoms with E-state index in [2.05, 4.69) is 0 Å². The maximum atomic E-state index is 13.9. The monoisotopic (exact) mass is 666 g/mol. The third-order valence-corrected chi connectivity index (χ3v) is 9.06.